The molecule has 2 nitrogen and oxygen atoms in total. The Balaban J connectivity index is 1.51. The maximum absolute atomic E-state index is 4.95. The van der Waals surface area contributed by atoms with E-state index < -0.39 is 0 Å². The van der Waals surface area contributed by atoms with Crippen LogP contribution >= 0.6 is 11.3 Å². The zero-order valence-corrected chi connectivity index (χ0v) is 17.1. The molecule has 0 bridgehead atoms. The summed E-state index contributed by atoms with van der Waals surface area (Å²) in [6.45, 7) is 0. The number of para-hydroxylation sites is 1. The van der Waals surface area contributed by atoms with E-state index in [1.54, 1.807) is 0 Å². The molecular formula is C27H18N2S. The van der Waals surface area contributed by atoms with Crippen molar-refractivity contribution in [1.29, 1.82) is 0 Å². The largest absolute Gasteiger partial charge is 0.296 e. The lowest BCUT2D eigenvalue weighted by atomic mass is 10.0. The van der Waals surface area contributed by atoms with Gasteiger partial charge in [0.15, 0.2) is 0 Å². The number of fused-ring (bicyclic) bond motifs is 8. The van der Waals surface area contributed by atoms with Gasteiger partial charge in [-0.3, -0.25) is 4.57 Å². The summed E-state index contributed by atoms with van der Waals surface area (Å²) in [6, 6.07) is 30.8. The lowest BCUT2D eigenvalue weighted by molar-refractivity contribution is 0.789. The molecule has 0 spiro atoms. The first-order valence-electron chi connectivity index (χ1n) is 10.4. The Morgan fingerprint density at radius 3 is 2.63 bits per heavy atom. The fourth-order valence-corrected chi connectivity index (χ4v) is 6.13. The summed E-state index contributed by atoms with van der Waals surface area (Å²) in [5, 5.41) is 2.69. The van der Waals surface area contributed by atoms with E-state index in [-0.39, 0.29) is 0 Å². The molecule has 0 amide bonds. The second-order valence-electron chi connectivity index (χ2n) is 7.98. The molecule has 6 aromatic rings. The molecule has 0 saturated heterocycles. The van der Waals surface area contributed by atoms with Gasteiger partial charge in [0.1, 0.15) is 5.82 Å². The van der Waals surface area contributed by atoms with Crippen LogP contribution in [0.1, 0.15) is 11.4 Å². The van der Waals surface area contributed by atoms with Crippen molar-refractivity contribution in [3.05, 3.63) is 96.3 Å². The number of rotatable bonds is 1. The molecular weight excluding hydrogens is 384 g/mol. The molecule has 7 rings (SSSR count). The highest BCUT2D eigenvalue weighted by Gasteiger charge is 2.20. The molecule has 1 aliphatic heterocycles. The molecule has 0 radical (unpaired) electrons. The van der Waals surface area contributed by atoms with Gasteiger partial charge in [-0.15, -0.1) is 11.3 Å². The molecule has 30 heavy (non-hydrogen) atoms. The number of hydrogen-bond donors (Lipinski definition) is 0. The topological polar surface area (TPSA) is 17.8 Å². The number of benzene rings is 4. The standard InChI is InChI=1S/C27H18N2S/c1-3-10-23-17(6-1)13-15-26-28-22-14-12-18(16-24(22)29(23)26)19-8-5-9-21-20-7-2-4-11-25(20)30-27(19)21/h1-12,14,16H,13,15H2. The predicted molar refractivity (Wildman–Crippen MR) is 127 cm³/mol. The van der Waals surface area contributed by atoms with Gasteiger partial charge < -0.3 is 0 Å². The van der Waals surface area contributed by atoms with Crippen molar-refractivity contribution in [3.8, 4) is 16.8 Å². The van der Waals surface area contributed by atoms with Crippen LogP contribution in [-0.2, 0) is 12.8 Å². The Hall–Kier alpha value is -3.43. The van der Waals surface area contributed by atoms with Crippen molar-refractivity contribution < 1.29 is 0 Å². The maximum atomic E-state index is 4.95. The summed E-state index contributed by atoms with van der Waals surface area (Å²) >= 11 is 1.89. The van der Waals surface area contributed by atoms with Crippen LogP contribution in [0.3, 0.4) is 0 Å². The molecule has 0 fully saturated rings. The van der Waals surface area contributed by atoms with Gasteiger partial charge in [0.05, 0.1) is 16.7 Å². The van der Waals surface area contributed by atoms with Gasteiger partial charge in [-0.1, -0.05) is 60.7 Å². The predicted octanol–water partition coefficient (Wildman–Crippen LogP) is 7.16. The van der Waals surface area contributed by atoms with Gasteiger partial charge in [-0.05, 0) is 47.4 Å². The van der Waals surface area contributed by atoms with E-state index in [0.717, 1.165) is 18.4 Å². The third-order valence-corrected chi connectivity index (χ3v) is 7.51. The molecule has 3 heterocycles. The summed E-state index contributed by atoms with van der Waals surface area (Å²) < 4.78 is 5.07. The monoisotopic (exact) mass is 402 g/mol. The van der Waals surface area contributed by atoms with Crippen molar-refractivity contribution >= 4 is 42.5 Å². The first-order valence-corrected chi connectivity index (χ1v) is 11.2. The Bertz CT molecular complexity index is 1600. The van der Waals surface area contributed by atoms with Gasteiger partial charge in [0, 0.05) is 26.6 Å². The third kappa shape index (κ3) is 2.21. The molecule has 0 atom stereocenters. The van der Waals surface area contributed by atoms with E-state index >= 15 is 0 Å². The zero-order chi connectivity index (χ0) is 19.7. The summed E-state index contributed by atoms with van der Waals surface area (Å²) in [5.41, 5.74) is 7.52. The van der Waals surface area contributed by atoms with Crippen molar-refractivity contribution in [2.45, 2.75) is 12.8 Å². The highest BCUT2D eigenvalue weighted by Crippen LogP contribution is 2.40. The lowest BCUT2D eigenvalue weighted by Crippen LogP contribution is -2.11. The molecule has 0 aliphatic carbocycles. The molecule has 3 heteroatoms. The van der Waals surface area contributed by atoms with Crippen LogP contribution < -0.4 is 0 Å². The minimum atomic E-state index is 0.993. The van der Waals surface area contributed by atoms with Crippen LogP contribution in [-0.4, -0.2) is 9.55 Å². The number of hydrogen-bond acceptors (Lipinski definition) is 2. The second-order valence-corrected chi connectivity index (χ2v) is 9.03. The molecule has 142 valence electrons. The van der Waals surface area contributed by atoms with Crippen LogP contribution in [0.25, 0.3) is 48.0 Å². The second kappa shape index (κ2) is 6.04. The van der Waals surface area contributed by atoms with Crippen molar-refractivity contribution in [3.63, 3.8) is 0 Å². The number of aromatic nitrogens is 2. The average molecular weight is 403 g/mol. The molecule has 0 N–H and O–H groups in total. The van der Waals surface area contributed by atoms with Crippen molar-refractivity contribution in [2.75, 3.05) is 0 Å². The smallest absolute Gasteiger partial charge is 0.114 e. The maximum Gasteiger partial charge on any atom is 0.114 e. The zero-order valence-electron chi connectivity index (χ0n) is 16.3. The molecule has 0 saturated carbocycles. The first-order chi connectivity index (χ1) is 14.9. The summed E-state index contributed by atoms with van der Waals surface area (Å²) in [4.78, 5) is 4.95. The van der Waals surface area contributed by atoms with Gasteiger partial charge in [-0.25, -0.2) is 4.98 Å². The highest BCUT2D eigenvalue weighted by molar-refractivity contribution is 7.26. The Morgan fingerprint density at radius 1 is 0.767 bits per heavy atom. The number of aryl methyl sites for hydroxylation is 2. The third-order valence-electron chi connectivity index (χ3n) is 6.29. The number of nitrogens with zero attached hydrogens (tertiary/aromatic N) is 2. The van der Waals surface area contributed by atoms with Crippen molar-refractivity contribution in [1.82, 2.24) is 9.55 Å². The fraction of sp³-hybridized carbons (Fsp3) is 0.0741. The minimum absolute atomic E-state index is 0.993. The number of thiophene rings is 1. The Morgan fingerprint density at radius 2 is 1.63 bits per heavy atom. The van der Waals surface area contributed by atoms with E-state index in [1.807, 2.05) is 11.3 Å². The van der Waals surface area contributed by atoms with E-state index in [2.05, 4.69) is 89.5 Å². The average Bonchev–Trinajstić information content (AvgIpc) is 3.37. The molecule has 2 aromatic heterocycles. The lowest BCUT2D eigenvalue weighted by Gasteiger charge is -2.19. The van der Waals surface area contributed by atoms with Crippen LogP contribution in [0.15, 0.2) is 84.9 Å². The quantitative estimate of drug-likeness (QED) is 0.285. The van der Waals surface area contributed by atoms with Gasteiger partial charge >= 0.3 is 0 Å². The molecule has 0 unspecified atom stereocenters. The number of imidazole rings is 1. The Kier molecular flexibility index (Phi) is 3.29. The van der Waals surface area contributed by atoms with E-state index in [0.29, 0.717) is 0 Å². The van der Waals surface area contributed by atoms with Crippen LogP contribution in [0.4, 0.5) is 0 Å². The fourth-order valence-electron chi connectivity index (χ4n) is 4.89. The van der Waals surface area contributed by atoms with Crippen LogP contribution in [0, 0.1) is 0 Å². The molecule has 4 aromatic carbocycles. The Labute approximate surface area is 178 Å². The van der Waals surface area contributed by atoms with E-state index in [9.17, 15) is 0 Å². The SMILES string of the molecule is c1ccc2c(c1)CCc1nc3ccc(-c4cccc5c4sc4ccccc45)cc3n1-2. The highest BCUT2D eigenvalue weighted by atomic mass is 32.1. The first kappa shape index (κ1) is 16.4. The van der Waals surface area contributed by atoms with Crippen LogP contribution in [0.2, 0.25) is 0 Å². The van der Waals surface area contributed by atoms with E-state index in [1.165, 1.54) is 53.9 Å². The van der Waals surface area contributed by atoms with Gasteiger partial charge in [0.2, 0.25) is 0 Å². The summed E-state index contributed by atoms with van der Waals surface area (Å²) in [5.74, 6) is 1.17. The van der Waals surface area contributed by atoms with Gasteiger partial charge in [0.25, 0.3) is 0 Å². The normalized spacial score (nSPS) is 13.1. The minimum Gasteiger partial charge on any atom is -0.296 e. The summed E-state index contributed by atoms with van der Waals surface area (Å²) in [7, 11) is 0. The molecule has 1 aliphatic rings. The van der Waals surface area contributed by atoms with Gasteiger partial charge in [-0.2, -0.15) is 0 Å². The van der Waals surface area contributed by atoms with E-state index in [4.69, 9.17) is 4.98 Å². The van der Waals surface area contributed by atoms with Crippen molar-refractivity contribution in [2.24, 2.45) is 0 Å². The van der Waals surface area contributed by atoms with Crippen LogP contribution in [0.5, 0.6) is 0 Å². The summed E-state index contributed by atoms with van der Waals surface area (Å²) in [6.07, 6.45) is 2.06.